The molecule has 0 amide bonds. The van der Waals surface area contributed by atoms with Crippen LogP contribution < -0.4 is 11.1 Å². The standard InChI is InChI=1S/C31H29F2N5.C2H6/c1-6-8-26(21-9-11-23(32)12-10-21)30-20(5)37-31(38-30)19(4)28-27(34)14-13-25(29(28)33)22-15-24(17-35-16-22)36-18(3)7-2;1-2/h6,8-17,36H,1,3-4,7,34H2,2,5H3,(H,37,38);1-2H3/b26-8-;. The fraction of sp³-hybridized carbons (Fsp3) is 0.152. The summed E-state index contributed by atoms with van der Waals surface area (Å²) in [7, 11) is 0. The van der Waals surface area contributed by atoms with Crippen LogP contribution in [0.1, 0.15) is 55.5 Å². The van der Waals surface area contributed by atoms with Gasteiger partial charge >= 0.3 is 0 Å². The second-order valence-corrected chi connectivity index (χ2v) is 8.80. The van der Waals surface area contributed by atoms with E-state index in [1.165, 1.54) is 12.1 Å². The first-order valence-corrected chi connectivity index (χ1v) is 13.1. The van der Waals surface area contributed by atoms with Crippen LogP contribution in [0.4, 0.5) is 20.2 Å². The van der Waals surface area contributed by atoms with Crippen LogP contribution in [-0.2, 0) is 0 Å². The van der Waals surface area contributed by atoms with Crippen molar-refractivity contribution in [3.05, 3.63) is 132 Å². The number of rotatable bonds is 9. The number of aromatic nitrogens is 3. The van der Waals surface area contributed by atoms with Crippen LogP contribution in [0.25, 0.3) is 22.3 Å². The van der Waals surface area contributed by atoms with Gasteiger partial charge in [0, 0.05) is 51.1 Å². The number of imidazole rings is 1. The summed E-state index contributed by atoms with van der Waals surface area (Å²) in [6, 6.07) is 11.2. The van der Waals surface area contributed by atoms with Gasteiger partial charge in [0.2, 0.25) is 0 Å². The normalized spacial score (nSPS) is 10.9. The molecule has 7 heteroatoms. The second-order valence-electron chi connectivity index (χ2n) is 8.80. The number of H-pyrrole nitrogens is 1. The van der Waals surface area contributed by atoms with Crippen molar-refractivity contribution >= 4 is 22.5 Å². The van der Waals surface area contributed by atoms with Gasteiger partial charge in [-0.15, -0.1) is 0 Å². The van der Waals surface area contributed by atoms with Crippen molar-refractivity contribution in [3.8, 4) is 11.1 Å². The molecule has 0 aliphatic carbocycles. The molecule has 2 heterocycles. The molecule has 0 fully saturated rings. The Labute approximate surface area is 234 Å². The lowest BCUT2D eigenvalue weighted by Crippen LogP contribution is -2.02. The minimum atomic E-state index is -0.528. The Hall–Kier alpha value is -4.78. The summed E-state index contributed by atoms with van der Waals surface area (Å²) >= 11 is 0. The number of halogens is 2. The van der Waals surface area contributed by atoms with E-state index in [0.29, 0.717) is 33.9 Å². The van der Waals surface area contributed by atoms with Gasteiger partial charge in [0.05, 0.1) is 17.6 Å². The predicted octanol–water partition coefficient (Wildman–Crippen LogP) is 8.68. The Morgan fingerprint density at radius 2 is 1.77 bits per heavy atom. The van der Waals surface area contributed by atoms with Crippen molar-refractivity contribution < 1.29 is 8.78 Å². The maximum Gasteiger partial charge on any atom is 0.141 e. The van der Waals surface area contributed by atoms with E-state index in [4.69, 9.17) is 10.7 Å². The molecule has 0 unspecified atom stereocenters. The number of nitrogen functional groups attached to an aromatic ring is 1. The van der Waals surface area contributed by atoms with Gasteiger partial charge in [0.1, 0.15) is 17.5 Å². The van der Waals surface area contributed by atoms with Gasteiger partial charge in [-0.3, -0.25) is 4.98 Å². The third-order valence-corrected chi connectivity index (χ3v) is 6.14. The van der Waals surface area contributed by atoms with E-state index >= 15 is 4.39 Å². The summed E-state index contributed by atoms with van der Waals surface area (Å²) < 4.78 is 29.5. The molecule has 0 bridgehead atoms. The monoisotopic (exact) mass is 539 g/mol. The van der Waals surface area contributed by atoms with Gasteiger partial charge in [0.15, 0.2) is 0 Å². The number of aryl methyl sites for hydroxylation is 1. The van der Waals surface area contributed by atoms with Crippen molar-refractivity contribution in [2.24, 2.45) is 0 Å². The highest BCUT2D eigenvalue weighted by Gasteiger charge is 2.21. The van der Waals surface area contributed by atoms with Crippen LogP contribution in [0, 0.1) is 18.6 Å². The molecule has 0 atom stereocenters. The Morgan fingerprint density at radius 1 is 1.07 bits per heavy atom. The summed E-state index contributed by atoms with van der Waals surface area (Å²) in [5, 5.41) is 3.17. The third kappa shape index (κ3) is 6.43. The van der Waals surface area contributed by atoms with Gasteiger partial charge < -0.3 is 16.0 Å². The summed E-state index contributed by atoms with van der Waals surface area (Å²) in [5.41, 5.74) is 12.2. The number of pyridine rings is 1. The lowest BCUT2D eigenvalue weighted by Gasteiger charge is -2.14. The lowest BCUT2D eigenvalue weighted by atomic mass is 9.97. The molecule has 0 spiro atoms. The minimum absolute atomic E-state index is 0.148. The molecule has 2 aromatic carbocycles. The molecule has 4 rings (SSSR count). The van der Waals surface area contributed by atoms with Gasteiger partial charge in [-0.05, 0) is 49.2 Å². The van der Waals surface area contributed by atoms with Gasteiger partial charge in [-0.2, -0.15) is 0 Å². The molecule has 4 N–H and O–H groups in total. The Bertz CT molecular complexity index is 1560. The smallest absolute Gasteiger partial charge is 0.141 e. The fourth-order valence-corrected chi connectivity index (χ4v) is 4.11. The molecule has 206 valence electrons. The topological polar surface area (TPSA) is 79.6 Å². The quantitative estimate of drug-likeness (QED) is 0.147. The fourth-order valence-electron chi connectivity index (χ4n) is 4.11. The third-order valence-electron chi connectivity index (χ3n) is 6.14. The first-order valence-electron chi connectivity index (χ1n) is 13.1. The molecule has 2 aromatic heterocycles. The number of nitrogens with two attached hydrogens (primary N) is 1. The van der Waals surface area contributed by atoms with Crippen molar-refractivity contribution in [1.82, 2.24) is 15.0 Å². The van der Waals surface area contributed by atoms with E-state index in [2.05, 4.69) is 35.0 Å². The highest BCUT2D eigenvalue weighted by atomic mass is 19.1. The average molecular weight is 540 g/mol. The van der Waals surface area contributed by atoms with E-state index < -0.39 is 5.82 Å². The molecular formula is C33H35F2N5. The molecule has 0 aliphatic rings. The Kier molecular flexibility index (Phi) is 9.92. The van der Waals surface area contributed by atoms with Gasteiger partial charge in [-0.25, -0.2) is 13.8 Å². The van der Waals surface area contributed by atoms with Crippen LogP contribution in [0.15, 0.2) is 92.4 Å². The predicted molar refractivity (Wildman–Crippen MR) is 164 cm³/mol. The molecule has 0 radical (unpaired) electrons. The van der Waals surface area contributed by atoms with E-state index in [9.17, 15) is 4.39 Å². The minimum Gasteiger partial charge on any atom is -0.398 e. The SMILES string of the molecule is C=C/C=C(/c1ccc(F)cc1)c1nc(C(=C)c2c(N)ccc(-c3cncc(NC(=C)CC)c3)c2F)[nH]c1C.CC. The number of allylic oxidation sites excluding steroid dienone is 3. The molecule has 5 nitrogen and oxygen atoms in total. The zero-order valence-corrected chi connectivity index (χ0v) is 23.4. The Balaban J connectivity index is 0.00000216. The van der Waals surface area contributed by atoms with Crippen molar-refractivity contribution in [2.45, 2.75) is 34.1 Å². The number of benzene rings is 2. The largest absolute Gasteiger partial charge is 0.398 e. The van der Waals surface area contributed by atoms with Crippen LogP contribution in [-0.4, -0.2) is 15.0 Å². The zero-order valence-electron chi connectivity index (χ0n) is 23.4. The molecule has 0 saturated heterocycles. The maximum absolute atomic E-state index is 16.0. The van der Waals surface area contributed by atoms with Gasteiger partial charge in [0.25, 0.3) is 0 Å². The number of aromatic amines is 1. The summed E-state index contributed by atoms with van der Waals surface area (Å²) in [6.07, 6.45) is 7.42. The van der Waals surface area contributed by atoms with Crippen LogP contribution >= 0.6 is 0 Å². The first-order chi connectivity index (χ1) is 19.2. The summed E-state index contributed by atoms with van der Waals surface area (Å²) in [4.78, 5) is 12.2. The van der Waals surface area contributed by atoms with Crippen LogP contribution in [0.5, 0.6) is 0 Å². The average Bonchev–Trinajstić information content (AvgIpc) is 3.34. The van der Waals surface area contributed by atoms with Crippen molar-refractivity contribution in [1.29, 1.82) is 0 Å². The first kappa shape index (κ1) is 29.8. The zero-order chi connectivity index (χ0) is 29.4. The highest BCUT2D eigenvalue weighted by Crippen LogP contribution is 2.36. The number of hydrogen-bond donors (Lipinski definition) is 3. The number of anilines is 2. The molecule has 40 heavy (non-hydrogen) atoms. The van der Waals surface area contributed by atoms with E-state index in [1.807, 2.05) is 27.7 Å². The van der Waals surface area contributed by atoms with Crippen LogP contribution in [0.3, 0.4) is 0 Å². The number of nitrogens with zero attached hydrogens (tertiary/aromatic N) is 2. The molecular weight excluding hydrogens is 504 g/mol. The van der Waals surface area contributed by atoms with Crippen LogP contribution in [0.2, 0.25) is 0 Å². The van der Waals surface area contributed by atoms with E-state index in [-0.39, 0.29) is 17.1 Å². The molecule has 4 aromatic rings. The number of nitrogens with one attached hydrogen (secondary N) is 2. The van der Waals surface area contributed by atoms with E-state index in [1.54, 1.807) is 54.9 Å². The van der Waals surface area contributed by atoms with Crippen molar-refractivity contribution in [2.75, 3.05) is 11.1 Å². The summed E-state index contributed by atoms with van der Waals surface area (Å²) in [6.45, 7) is 19.7. The van der Waals surface area contributed by atoms with Gasteiger partial charge in [-0.1, -0.05) is 64.8 Å². The molecule has 0 aliphatic heterocycles. The molecule has 0 saturated carbocycles. The number of hydrogen-bond acceptors (Lipinski definition) is 4. The van der Waals surface area contributed by atoms with Crippen molar-refractivity contribution in [3.63, 3.8) is 0 Å². The summed E-state index contributed by atoms with van der Waals surface area (Å²) in [5.74, 6) is -0.499. The Morgan fingerprint density at radius 3 is 2.42 bits per heavy atom. The lowest BCUT2D eigenvalue weighted by molar-refractivity contribution is 0.627. The highest BCUT2D eigenvalue weighted by molar-refractivity contribution is 5.87. The second kappa shape index (κ2) is 13.3. The van der Waals surface area contributed by atoms with E-state index in [0.717, 1.165) is 28.9 Å². The maximum atomic E-state index is 16.0.